The van der Waals surface area contributed by atoms with Crippen LogP contribution in [0.2, 0.25) is 10.0 Å². The molecule has 20 heavy (non-hydrogen) atoms. The van der Waals surface area contributed by atoms with E-state index in [9.17, 15) is 4.79 Å². The molecule has 1 fully saturated rings. The lowest BCUT2D eigenvalue weighted by atomic mass is 10.1. The van der Waals surface area contributed by atoms with E-state index in [1.807, 2.05) is 12.1 Å². The number of ether oxygens (including phenoxy) is 1. The monoisotopic (exact) mass is 317 g/mol. The largest absolute Gasteiger partial charge is 0.480 e. The van der Waals surface area contributed by atoms with Crippen LogP contribution in [-0.4, -0.2) is 41.8 Å². The Balaban J connectivity index is 1.82. The highest BCUT2D eigenvalue weighted by molar-refractivity contribution is 6.33. The molecule has 0 atom stereocenters. The first kappa shape index (κ1) is 15.6. The molecule has 1 N–H and O–H groups in total. The van der Waals surface area contributed by atoms with Gasteiger partial charge in [0.2, 0.25) is 0 Å². The van der Waals surface area contributed by atoms with E-state index in [4.69, 9.17) is 33.0 Å². The molecule has 6 heteroatoms. The second-order valence-corrected chi connectivity index (χ2v) is 5.76. The fourth-order valence-electron chi connectivity index (χ4n) is 2.33. The molecule has 0 saturated carbocycles. The molecule has 1 heterocycles. The topological polar surface area (TPSA) is 49.8 Å². The number of hydrogen-bond donors (Lipinski definition) is 1. The quantitative estimate of drug-likeness (QED) is 0.906. The van der Waals surface area contributed by atoms with Crippen LogP contribution in [0.15, 0.2) is 18.2 Å². The van der Waals surface area contributed by atoms with Gasteiger partial charge in [0.1, 0.15) is 6.61 Å². The Hall–Kier alpha value is -0.810. The molecule has 4 nitrogen and oxygen atoms in total. The second kappa shape index (κ2) is 7.27. The Labute approximate surface area is 128 Å². The zero-order valence-electron chi connectivity index (χ0n) is 11.0. The summed E-state index contributed by atoms with van der Waals surface area (Å²) in [7, 11) is 0. The van der Waals surface area contributed by atoms with E-state index < -0.39 is 5.97 Å². The van der Waals surface area contributed by atoms with E-state index in [1.165, 1.54) is 0 Å². The number of rotatable bonds is 5. The summed E-state index contributed by atoms with van der Waals surface area (Å²) >= 11 is 12.1. The molecule has 0 radical (unpaired) electrons. The van der Waals surface area contributed by atoms with Gasteiger partial charge in [-0.1, -0.05) is 23.2 Å². The predicted octanol–water partition coefficient (Wildman–Crippen LogP) is 3.06. The van der Waals surface area contributed by atoms with Crippen molar-refractivity contribution in [3.05, 3.63) is 33.8 Å². The van der Waals surface area contributed by atoms with Crippen molar-refractivity contribution in [2.45, 2.75) is 25.5 Å². The lowest BCUT2D eigenvalue weighted by Gasteiger charge is -2.31. The number of likely N-dealkylation sites (tertiary alicyclic amines) is 1. The van der Waals surface area contributed by atoms with E-state index in [2.05, 4.69) is 4.90 Å². The van der Waals surface area contributed by atoms with E-state index >= 15 is 0 Å². The maximum absolute atomic E-state index is 10.5. The summed E-state index contributed by atoms with van der Waals surface area (Å²) in [6.07, 6.45) is 1.72. The predicted molar refractivity (Wildman–Crippen MR) is 78.3 cm³/mol. The highest BCUT2D eigenvalue weighted by Gasteiger charge is 2.21. The minimum atomic E-state index is -0.918. The minimum Gasteiger partial charge on any atom is -0.480 e. The summed E-state index contributed by atoms with van der Waals surface area (Å²) in [5.41, 5.74) is 1.02. The molecule has 1 aromatic carbocycles. The normalized spacial score (nSPS) is 17.3. The Morgan fingerprint density at radius 2 is 2.05 bits per heavy atom. The number of carboxylic acid groups (broad SMARTS) is 1. The average molecular weight is 318 g/mol. The summed E-state index contributed by atoms with van der Waals surface area (Å²) < 4.78 is 5.31. The van der Waals surface area contributed by atoms with Crippen LogP contribution in [0.4, 0.5) is 0 Å². The third kappa shape index (κ3) is 4.63. The van der Waals surface area contributed by atoms with Gasteiger partial charge in [0, 0.05) is 29.7 Å². The number of carbonyl (C=O) groups is 1. The van der Waals surface area contributed by atoms with Gasteiger partial charge >= 0.3 is 5.97 Å². The molecule has 0 amide bonds. The van der Waals surface area contributed by atoms with Gasteiger partial charge < -0.3 is 9.84 Å². The SMILES string of the molecule is O=C(O)COC1CCN(Cc2cc(Cl)ccc2Cl)CC1. The van der Waals surface area contributed by atoms with Gasteiger partial charge in [0.15, 0.2) is 0 Å². The van der Waals surface area contributed by atoms with Crippen LogP contribution in [-0.2, 0) is 16.1 Å². The number of hydrogen-bond acceptors (Lipinski definition) is 3. The Bertz CT molecular complexity index is 473. The van der Waals surface area contributed by atoms with Crippen molar-refractivity contribution in [3.8, 4) is 0 Å². The Morgan fingerprint density at radius 3 is 2.70 bits per heavy atom. The molecule has 0 unspecified atom stereocenters. The van der Waals surface area contributed by atoms with Gasteiger partial charge in [-0.15, -0.1) is 0 Å². The molecule has 1 saturated heterocycles. The zero-order valence-corrected chi connectivity index (χ0v) is 12.5. The number of benzene rings is 1. The molecule has 2 rings (SSSR count). The number of halogens is 2. The van der Waals surface area contributed by atoms with Crippen LogP contribution >= 0.6 is 23.2 Å². The van der Waals surface area contributed by atoms with E-state index in [0.717, 1.165) is 43.1 Å². The van der Waals surface area contributed by atoms with Crippen LogP contribution in [0.1, 0.15) is 18.4 Å². The number of carboxylic acids is 1. The van der Waals surface area contributed by atoms with Crippen molar-refractivity contribution in [3.63, 3.8) is 0 Å². The standard InChI is InChI=1S/C14H17Cl2NO3/c15-11-1-2-13(16)10(7-11)8-17-5-3-12(4-6-17)20-9-14(18)19/h1-2,7,12H,3-6,8-9H2,(H,18,19). The fourth-order valence-corrected chi connectivity index (χ4v) is 2.70. The summed E-state index contributed by atoms with van der Waals surface area (Å²) in [5, 5.41) is 9.99. The van der Waals surface area contributed by atoms with Gasteiger partial charge in [-0.05, 0) is 36.6 Å². The first-order valence-corrected chi connectivity index (χ1v) is 7.30. The zero-order chi connectivity index (χ0) is 14.5. The Kier molecular flexibility index (Phi) is 5.66. The third-order valence-corrected chi connectivity index (χ3v) is 3.98. The van der Waals surface area contributed by atoms with Crippen LogP contribution < -0.4 is 0 Å². The molecule has 0 aliphatic carbocycles. The van der Waals surface area contributed by atoms with E-state index in [1.54, 1.807) is 6.07 Å². The summed E-state index contributed by atoms with van der Waals surface area (Å²) in [4.78, 5) is 12.7. The van der Waals surface area contributed by atoms with Crippen molar-refractivity contribution >= 4 is 29.2 Å². The van der Waals surface area contributed by atoms with Crippen LogP contribution in [0.5, 0.6) is 0 Å². The molecule has 110 valence electrons. The summed E-state index contributed by atoms with van der Waals surface area (Å²) in [6, 6.07) is 5.47. The average Bonchev–Trinajstić information content (AvgIpc) is 2.42. The molecule has 1 aliphatic heterocycles. The smallest absolute Gasteiger partial charge is 0.329 e. The van der Waals surface area contributed by atoms with Crippen LogP contribution in [0.25, 0.3) is 0 Å². The van der Waals surface area contributed by atoms with Gasteiger partial charge in [0.25, 0.3) is 0 Å². The number of piperidine rings is 1. The lowest BCUT2D eigenvalue weighted by Crippen LogP contribution is -2.37. The maximum Gasteiger partial charge on any atom is 0.329 e. The molecular formula is C14H17Cl2NO3. The van der Waals surface area contributed by atoms with Gasteiger partial charge in [0.05, 0.1) is 6.10 Å². The van der Waals surface area contributed by atoms with Gasteiger partial charge in [-0.25, -0.2) is 4.79 Å². The van der Waals surface area contributed by atoms with Crippen molar-refractivity contribution < 1.29 is 14.6 Å². The molecule has 1 aromatic rings. The second-order valence-electron chi connectivity index (χ2n) is 4.92. The maximum atomic E-state index is 10.5. The molecule has 0 aromatic heterocycles. The van der Waals surface area contributed by atoms with E-state index in [-0.39, 0.29) is 12.7 Å². The minimum absolute atomic E-state index is 0.0391. The lowest BCUT2D eigenvalue weighted by molar-refractivity contribution is -0.145. The van der Waals surface area contributed by atoms with Crippen molar-refractivity contribution in [1.29, 1.82) is 0 Å². The van der Waals surface area contributed by atoms with E-state index in [0.29, 0.717) is 5.02 Å². The highest BCUT2D eigenvalue weighted by Crippen LogP contribution is 2.24. The first-order valence-electron chi connectivity index (χ1n) is 6.54. The molecule has 0 spiro atoms. The van der Waals surface area contributed by atoms with Gasteiger partial charge in [-0.2, -0.15) is 0 Å². The molecule has 0 bridgehead atoms. The number of nitrogens with zero attached hydrogens (tertiary/aromatic N) is 1. The summed E-state index contributed by atoms with van der Waals surface area (Å²) in [6.45, 7) is 2.27. The third-order valence-electron chi connectivity index (χ3n) is 3.38. The van der Waals surface area contributed by atoms with Crippen molar-refractivity contribution in [2.75, 3.05) is 19.7 Å². The van der Waals surface area contributed by atoms with Gasteiger partial charge in [-0.3, -0.25) is 4.90 Å². The Morgan fingerprint density at radius 1 is 1.35 bits per heavy atom. The van der Waals surface area contributed by atoms with Crippen molar-refractivity contribution in [2.24, 2.45) is 0 Å². The first-order chi connectivity index (χ1) is 9.54. The van der Waals surface area contributed by atoms with Crippen LogP contribution in [0.3, 0.4) is 0 Å². The highest BCUT2D eigenvalue weighted by atomic mass is 35.5. The van der Waals surface area contributed by atoms with Crippen molar-refractivity contribution in [1.82, 2.24) is 4.90 Å². The molecule has 1 aliphatic rings. The molecular weight excluding hydrogens is 301 g/mol. The fraction of sp³-hybridized carbons (Fsp3) is 0.500. The van der Waals surface area contributed by atoms with Crippen LogP contribution in [0, 0.1) is 0 Å². The summed E-state index contributed by atoms with van der Waals surface area (Å²) in [5.74, 6) is -0.918. The number of aliphatic carboxylic acids is 1.